The molecule has 2 rings (SSSR count). The molecular formula is C17H21NO4. The third-order valence-electron chi connectivity index (χ3n) is 3.33. The van der Waals surface area contributed by atoms with E-state index in [1.54, 1.807) is 27.4 Å². The smallest absolute Gasteiger partial charge is 0.203 e. The quantitative estimate of drug-likeness (QED) is 0.797. The summed E-state index contributed by atoms with van der Waals surface area (Å²) in [4.78, 5) is 0. The highest BCUT2D eigenvalue weighted by atomic mass is 16.5. The van der Waals surface area contributed by atoms with Gasteiger partial charge in [0.1, 0.15) is 0 Å². The predicted molar refractivity (Wildman–Crippen MR) is 85.4 cm³/mol. The number of methoxy groups -OCH3 is 3. The molecule has 0 amide bonds. The van der Waals surface area contributed by atoms with Crippen molar-refractivity contribution >= 4 is 5.69 Å². The number of rotatable bonds is 7. The molecule has 2 aromatic rings. The lowest BCUT2D eigenvalue weighted by atomic mass is 10.1. The summed E-state index contributed by atoms with van der Waals surface area (Å²) in [6, 6.07) is 11.7. The lowest BCUT2D eigenvalue weighted by Crippen LogP contribution is -2.05. The third-order valence-corrected chi connectivity index (χ3v) is 3.33. The fraction of sp³-hybridized carbons (Fsp3) is 0.294. The summed E-state index contributed by atoms with van der Waals surface area (Å²) < 4.78 is 21.8. The van der Waals surface area contributed by atoms with Crippen molar-refractivity contribution < 1.29 is 18.9 Å². The molecule has 0 saturated heterocycles. The van der Waals surface area contributed by atoms with Gasteiger partial charge < -0.3 is 24.7 Å². The van der Waals surface area contributed by atoms with E-state index < -0.39 is 0 Å². The maximum absolute atomic E-state index is 6.08. The van der Waals surface area contributed by atoms with E-state index in [2.05, 4.69) is 0 Å². The average Bonchev–Trinajstić information content (AvgIpc) is 2.56. The molecule has 0 saturated carbocycles. The van der Waals surface area contributed by atoms with Gasteiger partial charge in [-0.2, -0.15) is 0 Å². The van der Waals surface area contributed by atoms with Crippen LogP contribution in [0.25, 0.3) is 0 Å². The molecule has 0 radical (unpaired) electrons. The SMILES string of the molecule is COc1cc(N)c(COCc2ccccc2)c(OC)c1OC. The van der Waals surface area contributed by atoms with Gasteiger partial charge in [0.2, 0.25) is 5.75 Å². The lowest BCUT2D eigenvalue weighted by Gasteiger charge is -2.18. The Bertz CT molecular complexity index is 614. The molecule has 2 aromatic carbocycles. The standard InChI is InChI=1S/C17H21NO4/c1-19-15-9-14(18)13(16(20-2)17(15)21-3)11-22-10-12-7-5-4-6-8-12/h4-9H,10-11,18H2,1-3H3. The van der Waals surface area contributed by atoms with Gasteiger partial charge in [0.15, 0.2) is 11.5 Å². The number of benzene rings is 2. The van der Waals surface area contributed by atoms with Crippen LogP contribution in [0.5, 0.6) is 17.2 Å². The van der Waals surface area contributed by atoms with E-state index in [0.29, 0.717) is 36.1 Å². The van der Waals surface area contributed by atoms with Crippen molar-refractivity contribution in [3.8, 4) is 17.2 Å². The number of hydrogen-bond acceptors (Lipinski definition) is 5. The molecule has 0 aliphatic rings. The molecule has 0 unspecified atom stereocenters. The van der Waals surface area contributed by atoms with Crippen LogP contribution >= 0.6 is 0 Å². The van der Waals surface area contributed by atoms with Crippen molar-refractivity contribution in [2.75, 3.05) is 27.1 Å². The monoisotopic (exact) mass is 303 g/mol. The van der Waals surface area contributed by atoms with E-state index in [1.165, 1.54) is 0 Å². The number of nitrogens with two attached hydrogens (primary N) is 1. The van der Waals surface area contributed by atoms with Crippen molar-refractivity contribution in [3.05, 3.63) is 47.5 Å². The second kappa shape index (κ2) is 7.56. The normalized spacial score (nSPS) is 10.3. The molecule has 5 heteroatoms. The molecule has 0 aromatic heterocycles. The fourth-order valence-corrected chi connectivity index (χ4v) is 2.23. The minimum atomic E-state index is 0.324. The first kappa shape index (κ1) is 16.0. The van der Waals surface area contributed by atoms with Gasteiger partial charge in [0.25, 0.3) is 0 Å². The Balaban J connectivity index is 2.19. The summed E-state index contributed by atoms with van der Waals surface area (Å²) in [5, 5.41) is 0. The number of nitrogen functional groups attached to an aromatic ring is 1. The lowest BCUT2D eigenvalue weighted by molar-refractivity contribution is 0.105. The molecule has 0 aliphatic heterocycles. The second-order valence-electron chi connectivity index (χ2n) is 4.69. The largest absolute Gasteiger partial charge is 0.493 e. The van der Waals surface area contributed by atoms with E-state index in [9.17, 15) is 0 Å². The molecule has 5 nitrogen and oxygen atoms in total. The topological polar surface area (TPSA) is 62.9 Å². The molecule has 22 heavy (non-hydrogen) atoms. The van der Waals surface area contributed by atoms with E-state index in [4.69, 9.17) is 24.7 Å². The van der Waals surface area contributed by atoms with Gasteiger partial charge in [-0.25, -0.2) is 0 Å². The van der Waals surface area contributed by atoms with E-state index >= 15 is 0 Å². The summed E-state index contributed by atoms with van der Waals surface area (Å²) in [6.45, 7) is 0.821. The Morgan fingerprint density at radius 2 is 1.55 bits per heavy atom. The number of ether oxygens (including phenoxy) is 4. The maximum Gasteiger partial charge on any atom is 0.203 e. The molecule has 0 atom stereocenters. The summed E-state index contributed by atoms with van der Waals surface area (Å²) in [5.74, 6) is 1.58. The van der Waals surface area contributed by atoms with Crippen molar-refractivity contribution in [1.29, 1.82) is 0 Å². The van der Waals surface area contributed by atoms with Crippen LogP contribution in [0.15, 0.2) is 36.4 Å². The fourth-order valence-electron chi connectivity index (χ4n) is 2.23. The van der Waals surface area contributed by atoms with Crippen LogP contribution in [0.2, 0.25) is 0 Å². The molecule has 0 heterocycles. The molecule has 0 aliphatic carbocycles. The number of anilines is 1. The maximum atomic E-state index is 6.08. The first-order valence-corrected chi connectivity index (χ1v) is 6.90. The molecule has 0 bridgehead atoms. The van der Waals surface area contributed by atoms with Gasteiger partial charge in [-0.3, -0.25) is 0 Å². The third kappa shape index (κ3) is 3.43. The minimum absolute atomic E-state index is 0.324. The predicted octanol–water partition coefficient (Wildman–Crippen LogP) is 3.01. The van der Waals surface area contributed by atoms with Gasteiger partial charge in [0.05, 0.1) is 34.5 Å². The zero-order valence-electron chi connectivity index (χ0n) is 13.1. The van der Waals surface area contributed by atoms with E-state index in [-0.39, 0.29) is 0 Å². The zero-order valence-corrected chi connectivity index (χ0v) is 13.1. The second-order valence-corrected chi connectivity index (χ2v) is 4.69. The van der Waals surface area contributed by atoms with Crippen LogP contribution in [-0.2, 0) is 18.0 Å². The van der Waals surface area contributed by atoms with Crippen LogP contribution in [0, 0.1) is 0 Å². The van der Waals surface area contributed by atoms with Gasteiger partial charge in [-0.05, 0) is 5.56 Å². The number of hydrogen-bond donors (Lipinski definition) is 1. The Morgan fingerprint density at radius 3 is 2.14 bits per heavy atom. The Kier molecular flexibility index (Phi) is 5.49. The molecule has 0 fully saturated rings. The first-order valence-electron chi connectivity index (χ1n) is 6.90. The molecule has 2 N–H and O–H groups in total. The van der Waals surface area contributed by atoms with Gasteiger partial charge in [-0.1, -0.05) is 30.3 Å². The van der Waals surface area contributed by atoms with Crippen LogP contribution < -0.4 is 19.9 Å². The Hall–Kier alpha value is -2.40. The summed E-state index contributed by atoms with van der Waals surface area (Å²) >= 11 is 0. The highest BCUT2D eigenvalue weighted by Gasteiger charge is 2.19. The Morgan fingerprint density at radius 1 is 0.864 bits per heavy atom. The summed E-state index contributed by atoms with van der Waals surface area (Å²) in [7, 11) is 4.69. The van der Waals surface area contributed by atoms with Gasteiger partial charge in [-0.15, -0.1) is 0 Å². The van der Waals surface area contributed by atoms with Gasteiger partial charge in [0, 0.05) is 17.3 Å². The van der Waals surface area contributed by atoms with E-state index in [0.717, 1.165) is 11.1 Å². The van der Waals surface area contributed by atoms with Crippen molar-refractivity contribution in [3.63, 3.8) is 0 Å². The summed E-state index contributed by atoms with van der Waals surface area (Å²) in [6.07, 6.45) is 0. The van der Waals surface area contributed by atoms with Crippen LogP contribution in [-0.4, -0.2) is 21.3 Å². The summed E-state index contributed by atoms with van der Waals surface area (Å²) in [5.41, 5.74) is 8.47. The van der Waals surface area contributed by atoms with Crippen molar-refractivity contribution in [1.82, 2.24) is 0 Å². The van der Waals surface area contributed by atoms with Crippen LogP contribution in [0.3, 0.4) is 0 Å². The van der Waals surface area contributed by atoms with Crippen molar-refractivity contribution in [2.45, 2.75) is 13.2 Å². The van der Waals surface area contributed by atoms with Crippen LogP contribution in [0.1, 0.15) is 11.1 Å². The highest BCUT2D eigenvalue weighted by Crippen LogP contribution is 2.43. The minimum Gasteiger partial charge on any atom is -0.493 e. The molecular weight excluding hydrogens is 282 g/mol. The molecule has 0 spiro atoms. The highest BCUT2D eigenvalue weighted by molar-refractivity contribution is 5.66. The molecule has 118 valence electrons. The first-order chi connectivity index (χ1) is 10.7. The van der Waals surface area contributed by atoms with Gasteiger partial charge >= 0.3 is 0 Å². The van der Waals surface area contributed by atoms with Crippen LogP contribution in [0.4, 0.5) is 5.69 Å². The van der Waals surface area contributed by atoms with Crippen molar-refractivity contribution in [2.24, 2.45) is 0 Å². The zero-order chi connectivity index (χ0) is 15.9. The Labute approximate surface area is 130 Å². The average molecular weight is 303 g/mol. The van der Waals surface area contributed by atoms with E-state index in [1.807, 2.05) is 30.3 Å².